The third-order valence-electron chi connectivity index (χ3n) is 3.44. The van der Waals surface area contributed by atoms with Crippen LogP contribution in [0.4, 0.5) is 5.69 Å². The molecule has 0 spiro atoms. The smallest absolute Gasteiger partial charge is 0.0957 e. The number of hydrogen-bond donors (Lipinski definition) is 1. The summed E-state index contributed by atoms with van der Waals surface area (Å²) >= 11 is 0. The van der Waals surface area contributed by atoms with Gasteiger partial charge >= 0.3 is 0 Å². The van der Waals surface area contributed by atoms with E-state index in [2.05, 4.69) is 16.9 Å². The van der Waals surface area contributed by atoms with Crippen LogP contribution < -0.4 is 4.90 Å². The van der Waals surface area contributed by atoms with E-state index in [0.717, 1.165) is 31.0 Å². The fourth-order valence-corrected chi connectivity index (χ4v) is 2.23. The minimum absolute atomic E-state index is 0.343. The van der Waals surface area contributed by atoms with Gasteiger partial charge in [0.2, 0.25) is 0 Å². The van der Waals surface area contributed by atoms with Crippen molar-refractivity contribution in [2.75, 3.05) is 25.1 Å². The highest BCUT2D eigenvalue weighted by atomic mass is 16.5. The molecule has 0 bridgehead atoms. The van der Waals surface area contributed by atoms with Crippen molar-refractivity contribution in [1.82, 2.24) is 4.98 Å². The topological polar surface area (TPSA) is 45.6 Å². The Balaban J connectivity index is 1.95. The van der Waals surface area contributed by atoms with Gasteiger partial charge in [0.25, 0.3) is 0 Å². The molecular formula is C14H22N2O2. The van der Waals surface area contributed by atoms with Gasteiger partial charge in [-0.25, -0.2) is 0 Å². The summed E-state index contributed by atoms with van der Waals surface area (Å²) < 4.78 is 5.62. The largest absolute Gasteiger partial charge is 0.387 e. The van der Waals surface area contributed by atoms with E-state index in [4.69, 9.17) is 4.74 Å². The molecule has 0 amide bonds. The number of rotatable bonds is 5. The normalized spacial score (nSPS) is 20.9. The molecule has 0 saturated carbocycles. The van der Waals surface area contributed by atoms with E-state index in [1.54, 1.807) is 0 Å². The van der Waals surface area contributed by atoms with E-state index in [1.807, 2.05) is 25.3 Å². The zero-order valence-corrected chi connectivity index (χ0v) is 11.2. The number of hydrogen-bond acceptors (Lipinski definition) is 4. The molecule has 1 saturated heterocycles. The van der Waals surface area contributed by atoms with Gasteiger partial charge < -0.3 is 14.7 Å². The third kappa shape index (κ3) is 3.21. The summed E-state index contributed by atoms with van der Waals surface area (Å²) in [5.74, 6) is 0. The molecule has 0 aromatic carbocycles. The molecule has 1 aliphatic rings. The Labute approximate surface area is 109 Å². The van der Waals surface area contributed by atoms with Crippen molar-refractivity contribution >= 4 is 5.69 Å². The van der Waals surface area contributed by atoms with Gasteiger partial charge in [0.15, 0.2) is 0 Å². The highest BCUT2D eigenvalue weighted by Crippen LogP contribution is 2.19. The molecule has 0 radical (unpaired) electrons. The summed E-state index contributed by atoms with van der Waals surface area (Å²) in [4.78, 5) is 6.47. The van der Waals surface area contributed by atoms with Crippen LogP contribution >= 0.6 is 0 Å². The molecule has 18 heavy (non-hydrogen) atoms. The van der Waals surface area contributed by atoms with Crippen LogP contribution in [0.25, 0.3) is 0 Å². The lowest BCUT2D eigenvalue weighted by atomic mass is 10.2. The summed E-state index contributed by atoms with van der Waals surface area (Å²) in [5.41, 5.74) is 1.81. The molecule has 1 aromatic rings. The second kappa shape index (κ2) is 6.16. The van der Waals surface area contributed by atoms with Crippen molar-refractivity contribution in [2.24, 2.45) is 0 Å². The third-order valence-corrected chi connectivity index (χ3v) is 3.44. The second-order valence-electron chi connectivity index (χ2n) is 4.88. The number of aromatic nitrogens is 1. The van der Waals surface area contributed by atoms with Crippen LogP contribution in [0.1, 0.15) is 38.0 Å². The van der Waals surface area contributed by atoms with Gasteiger partial charge in [-0.2, -0.15) is 0 Å². The summed E-state index contributed by atoms with van der Waals surface area (Å²) in [6.45, 7) is 3.74. The Morgan fingerprint density at radius 2 is 2.39 bits per heavy atom. The predicted octanol–water partition coefficient (Wildman–Crippen LogP) is 2.14. The molecule has 2 atom stereocenters. The van der Waals surface area contributed by atoms with E-state index in [-0.39, 0.29) is 0 Å². The SMILES string of the molecule is CC[C@H](O)c1ccc(N(C)CC2CCCO2)cn1. The molecule has 1 N–H and O–H groups in total. The molecule has 1 fully saturated rings. The van der Waals surface area contributed by atoms with E-state index >= 15 is 0 Å². The van der Waals surface area contributed by atoms with Crippen molar-refractivity contribution in [1.29, 1.82) is 0 Å². The van der Waals surface area contributed by atoms with Gasteiger partial charge in [-0.3, -0.25) is 4.98 Å². The fraction of sp³-hybridized carbons (Fsp3) is 0.643. The molecule has 4 nitrogen and oxygen atoms in total. The van der Waals surface area contributed by atoms with Crippen LogP contribution in [0.2, 0.25) is 0 Å². The average molecular weight is 250 g/mol. The molecular weight excluding hydrogens is 228 g/mol. The van der Waals surface area contributed by atoms with Crippen LogP contribution in [0.15, 0.2) is 18.3 Å². The Kier molecular flexibility index (Phi) is 4.55. The molecule has 4 heteroatoms. The highest BCUT2D eigenvalue weighted by Gasteiger charge is 2.17. The zero-order valence-electron chi connectivity index (χ0n) is 11.2. The predicted molar refractivity (Wildman–Crippen MR) is 71.7 cm³/mol. The van der Waals surface area contributed by atoms with Gasteiger partial charge in [-0.05, 0) is 31.4 Å². The van der Waals surface area contributed by atoms with Gasteiger partial charge in [-0.1, -0.05) is 6.92 Å². The van der Waals surface area contributed by atoms with E-state index in [0.29, 0.717) is 12.5 Å². The summed E-state index contributed by atoms with van der Waals surface area (Å²) in [6.07, 6.45) is 4.71. The summed E-state index contributed by atoms with van der Waals surface area (Å²) in [7, 11) is 2.05. The number of anilines is 1. The van der Waals surface area contributed by atoms with Crippen LogP contribution in [-0.2, 0) is 4.74 Å². The van der Waals surface area contributed by atoms with Crippen molar-refractivity contribution in [3.63, 3.8) is 0 Å². The quantitative estimate of drug-likeness (QED) is 0.869. The van der Waals surface area contributed by atoms with Crippen molar-refractivity contribution < 1.29 is 9.84 Å². The molecule has 100 valence electrons. The Morgan fingerprint density at radius 3 is 2.94 bits per heavy atom. The van der Waals surface area contributed by atoms with Crippen molar-refractivity contribution in [3.05, 3.63) is 24.0 Å². The van der Waals surface area contributed by atoms with Gasteiger partial charge in [-0.15, -0.1) is 0 Å². The lowest BCUT2D eigenvalue weighted by Gasteiger charge is -2.22. The standard InChI is InChI=1S/C14H22N2O2/c1-3-14(17)13-7-6-11(9-15-13)16(2)10-12-5-4-8-18-12/h6-7,9,12,14,17H,3-5,8,10H2,1-2H3/t12?,14-/m0/s1. The lowest BCUT2D eigenvalue weighted by Crippen LogP contribution is -2.28. The van der Waals surface area contributed by atoms with E-state index in [1.165, 1.54) is 6.42 Å². The Morgan fingerprint density at radius 1 is 1.56 bits per heavy atom. The van der Waals surface area contributed by atoms with Gasteiger partial charge in [0.05, 0.1) is 29.8 Å². The zero-order chi connectivity index (χ0) is 13.0. The second-order valence-corrected chi connectivity index (χ2v) is 4.88. The molecule has 1 unspecified atom stereocenters. The number of likely N-dealkylation sites (N-methyl/N-ethyl adjacent to an activating group) is 1. The monoisotopic (exact) mass is 250 g/mol. The first-order valence-electron chi connectivity index (χ1n) is 6.67. The first-order valence-corrected chi connectivity index (χ1v) is 6.67. The average Bonchev–Trinajstić information content (AvgIpc) is 2.91. The van der Waals surface area contributed by atoms with Crippen LogP contribution in [0, 0.1) is 0 Å². The van der Waals surface area contributed by atoms with Crippen LogP contribution in [0.3, 0.4) is 0 Å². The first kappa shape index (κ1) is 13.3. The molecule has 1 aromatic heterocycles. The first-order chi connectivity index (χ1) is 8.70. The molecule has 2 rings (SSSR count). The number of pyridine rings is 1. The summed E-state index contributed by atoms with van der Waals surface area (Å²) in [6, 6.07) is 3.91. The molecule has 0 aliphatic carbocycles. The maximum absolute atomic E-state index is 9.69. The van der Waals surface area contributed by atoms with Gasteiger partial charge in [0, 0.05) is 20.2 Å². The lowest BCUT2D eigenvalue weighted by molar-refractivity contribution is 0.116. The summed E-state index contributed by atoms with van der Waals surface area (Å²) in [5, 5.41) is 9.69. The molecule has 1 aliphatic heterocycles. The Hall–Kier alpha value is -1.13. The highest BCUT2D eigenvalue weighted by molar-refractivity contribution is 5.44. The number of ether oxygens (including phenoxy) is 1. The minimum Gasteiger partial charge on any atom is -0.387 e. The maximum Gasteiger partial charge on any atom is 0.0957 e. The number of nitrogens with zero attached hydrogens (tertiary/aromatic N) is 2. The van der Waals surface area contributed by atoms with E-state index < -0.39 is 6.10 Å². The minimum atomic E-state index is -0.456. The van der Waals surface area contributed by atoms with Crippen LogP contribution in [0.5, 0.6) is 0 Å². The number of aliphatic hydroxyl groups is 1. The number of aliphatic hydroxyl groups excluding tert-OH is 1. The van der Waals surface area contributed by atoms with Crippen LogP contribution in [-0.4, -0.2) is 36.4 Å². The molecule has 2 heterocycles. The van der Waals surface area contributed by atoms with Crippen molar-refractivity contribution in [3.8, 4) is 0 Å². The fourth-order valence-electron chi connectivity index (χ4n) is 2.23. The van der Waals surface area contributed by atoms with E-state index in [9.17, 15) is 5.11 Å². The van der Waals surface area contributed by atoms with Crippen molar-refractivity contribution in [2.45, 2.75) is 38.4 Å². The van der Waals surface area contributed by atoms with Gasteiger partial charge in [0.1, 0.15) is 0 Å². The maximum atomic E-state index is 9.69. The Bertz CT molecular complexity index is 361.